The Morgan fingerprint density at radius 2 is 1.81 bits per heavy atom. The van der Waals surface area contributed by atoms with Crippen LogP contribution in [-0.2, 0) is 0 Å². The fourth-order valence-electron chi connectivity index (χ4n) is 2.06. The molecule has 6 nitrogen and oxygen atoms in total. The van der Waals surface area contributed by atoms with E-state index in [2.05, 4.69) is 26.8 Å². The minimum absolute atomic E-state index is 0.238. The largest absolute Gasteiger partial charge is 0.493 e. The molecule has 2 rings (SSSR count). The van der Waals surface area contributed by atoms with Crippen molar-refractivity contribution in [3.05, 3.63) is 57.0 Å². The van der Waals surface area contributed by atoms with E-state index in [0.29, 0.717) is 28.1 Å². The Morgan fingerprint density at radius 3 is 2.50 bits per heavy atom. The Kier molecular flexibility index (Phi) is 7.29. The molecule has 0 atom stereocenters. The van der Waals surface area contributed by atoms with Crippen LogP contribution in [0.2, 0.25) is 5.02 Å². The summed E-state index contributed by atoms with van der Waals surface area (Å²) in [6, 6.07) is 9.64. The normalized spacial score (nSPS) is 10.2. The predicted octanol–water partition coefficient (Wildman–Crippen LogP) is 3.97. The van der Waals surface area contributed by atoms with Crippen LogP contribution in [0, 0.1) is 0 Å². The SMILES string of the molecule is CCCOc1ccc(C(=O)NNC(=O)c2cc(Br)ccc2Cl)cc1OC. The summed E-state index contributed by atoms with van der Waals surface area (Å²) in [4.78, 5) is 24.4. The first kappa shape index (κ1) is 20.1. The summed E-state index contributed by atoms with van der Waals surface area (Å²) >= 11 is 9.27. The Labute approximate surface area is 164 Å². The number of carbonyl (C=O) groups is 2. The van der Waals surface area contributed by atoms with E-state index in [1.807, 2.05) is 6.92 Å². The van der Waals surface area contributed by atoms with Gasteiger partial charge in [-0.15, -0.1) is 0 Å². The van der Waals surface area contributed by atoms with Crippen LogP contribution in [0.4, 0.5) is 0 Å². The number of ether oxygens (including phenoxy) is 2. The number of carbonyl (C=O) groups excluding carboxylic acids is 2. The summed E-state index contributed by atoms with van der Waals surface area (Å²) in [5, 5.41) is 0.277. The number of nitrogens with one attached hydrogen (secondary N) is 2. The molecule has 0 aliphatic heterocycles. The number of benzene rings is 2. The molecule has 0 spiro atoms. The number of hydrazine groups is 1. The number of methoxy groups -OCH3 is 1. The van der Waals surface area contributed by atoms with Crippen LogP contribution in [-0.4, -0.2) is 25.5 Å². The molecule has 0 aliphatic carbocycles. The van der Waals surface area contributed by atoms with E-state index in [9.17, 15) is 9.59 Å². The van der Waals surface area contributed by atoms with Gasteiger partial charge in [0.2, 0.25) is 0 Å². The van der Waals surface area contributed by atoms with Crippen molar-refractivity contribution in [2.45, 2.75) is 13.3 Å². The highest BCUT2D eigenvalue weighted by molar-refractivity contribution is 9.10. The second-order valence-corrected chi connectivity index (χ2v) is 6.57. The standard InChI is InChI=1S/C18H18BrClN2O4/c1-3-8-26-15-7-4-11(9-16(15)25-2)17(23)21-22-18(24)13-10-12(19)5-6-14(13)20/h4-7,9-10H,3,8H2,1-2H3,(H,21,23)(H,22,24). The van der Waals surface area contributed by atoms with E-state index in [-0.39, 0.29) is 10.6 Å². The lowest BCUT2D eigenvalue weighted by Gasteiger charge is -2.12. The van der Waals surface area contributed by atoms with Crippen LogP contribution < -0.4 is 20.3 Å². The maximum atomic E-state index is 12.3. The maximum Gasteiger partial charge on any atom is 0.271 e. The summed E-state index contributed by atoms with van der Waals surface area (Å²) < 4.78 is 11.5. The third kappa shape index (κ3) is 5.12. The number of hydrogen-bond acceptors (Lipinski definition) is 4. The van der Waals surface area contributed by atoms with Gasteiger partial charge >= 0.3 is 0 Å². The van der Waals surface area contributed by atoms with Crippen molar-refractivity contribution >= 4 is 39.3 Å². The Bertz CT molecular complexity index is 814. The van der Waals surface area contributed by atoms with E-state index in [4.69, 9.17) is 21.1 Å². The molecular formula is C18H18BrClN2O4. The molecule has 2 aromatic rings. The topological polar surface area (TPSA) is 76.7 Å². The van der Waals surface area contributed by atoms with E-state index in [1.54, 1.807) is 36.4 Å². The molecule has 0 saturated heterocycles. The van der Waals surface area contributed by atoms with Crippen LogP contribution in [0.3, 0.4) is 0 Å². The van der Waals surface area contributed by atoms with Gasteiger partial charge in [-0.3, -0.25) is 20.4 Å². The average Bonchev–Trinajstić information content (AvgIpc) is 2.65. The zero-order valence-corrected chi connectivity index (χ0v) is 16.6. The van der Waals surface area contributed by atoms with E-state index >= 15 is 0 Å². The van der Waals surface area contributed by atoms with Crippen LogP contribution in [0.15, 0.2) is 40.9 Å². The molecule has 0 saturated carbocycles. The van der Waals surface area contributed by atoms with Gasteiger partial charge in [0.1, 0.15) is 0 Å². The predicted molar refractivity (Wildman–Crippen MR) is 103 cm³/mol. The Morgan fingerprint density at radius 1 is 1.08 bits per heavy atom. The molecule has 0 aliphatic rings. The molecule has 0 fully saturated rings. The average molecular weight is 442 g/mol. The molecule has 0 aromatic heterocycles. The quantitative estimate of drug-likeness (QED) is 0.665. The Hall–Kier alpha value is -2.25. The second kappa shape index (κ2) is 9.45. The first-order valence-electron chi connectivity index (χ1n) is 7.82. The van der Waals surface area contributed by atoms with E-state index in [0.717, 1.165) is 6.42 Å². The van der Waals surface area contributed by atoms with Gasteiger partial charge in [-0.05, 0) is 42.8 Å². The zero-order valence-electron chi connectivity index (χ0n) is 14.3. The lowest BCUT2D eigenvalue weighted by molar-refractivity contribution is 0.0846. The van der Waals surface area contributed by atoms with Crippen molar-refractivity contribution in [2.24, 2.45) is 0 Å². The highest BCUT2D eigenvalue weighted by Gasteiger charge is 2.14. The van der Waals surface area contributed by atoms with Gasteiger partial charge < -0.3 is 9.47 Å². The van der Waals surface area contributed by atoms with Crippen molar-refractivity contribution in [2.75, 3.05) is 13.7 Å². The minimum atomic E-state index is -0.528. The van der Waals surface area contributed by atoms with Gasteiger partial charge in [0.05, 0.1) is 24.3 Å². The summed E-state index contributed by atoms with van der Waals surface area (Å²) in [6.45, 7) is 2.54. The lowest BCUT2D eigenvalue weighted by atomic mass is 10.2. The molecular weight excluding hydrogens is 424 g/mol. The van der Waals surface area contributed by atoms with Crippen molar-refractivity contribution in [3.8, 4) is 11.5 Å². The number of halogens is 2. The maximum absolute atomic E-state index is 12.3. The summed E-state index contributed by atoms with van der Waals surface area (Å²) in [7, 11) is 1.49. The monoisotopic (exact) mass is 440 g/mol. The van der Waals surface area contributed by atoms with Gasteiger partial charge in [-0.2, -0.15) is 0 Å². The van der Waals surface area contributed by atoms with Crippen molar-refractivity contribution in [1.82, 2.24) is 10.9 Å². The fourth-order valence-corrected chi connectivity index (χ4v) is 2.63. The van der Waals surface area contributed by atoms with Gasteiger partial charge in [-0.1, -0.05) is 34.5 Å². The van der Waals surface area contributed by atoms with Crippen molar-refractivity contribution in [3.63, 3.8) is 0 Å². The molecule has 0 unspecified atom stereocenters. The van der Waals surface area contributed by atoms with Gasteiger partial charge in [0.15, 0.2) is 11.5 Å². The fraction of sp³-hybridized carbons (Fsp3) is 0.222. The molecule has 2 N–H and O–H groups in total. The van der Waals surface area contributed by atoms with Gasteiger partial charge in [-0.25, -0.2) is 0 Å². The van der Waals surface area contributed by atoms with Crippen LogP contribution in [0.25, 0.3) is 0 Å². The molecule has 138 valence electrons. The smallest absolute Gasteiger partial charge is 0.271 e. The molecule has 8 heteroatoms. The highest BCUT2D eigenvalue weighted by Crippen LogP contribution is 2.28. The summed E-state index contributed by atoms with van der Waals surface area (Å²) in [6.07, 6.45) is 0.857. The van der Waals surface area contributed by atoms with Crippen LogP contribution in [0.5, 0.6) is 11.5 Å². The molecule has 0 bridgehead atoms. The van der Waals surface area contributed by atoms with E-state index in [1.165, 1.54) is 7.11 Å². The molecule has 2 aromatic carbocycles. The van der Waals surface area contributed by atoms with E-state index < -0.39 is 11.8 Å². The number of hydrogen-bond donors (Lipinski definition) is 2. The zero-order chi connectivity index (χ0) is 19.1. The van der Waals surface area contributed by atoms with Gasteiger partial charge in [0.25, 0.3) is 11.8 Å². The summed E-state index contributed by atoms with van der Waals surface area (Å²) in [5.74, 6) is -0.0346. The second-order valence-electron chi connectivity index (χ2n) is 5.25. The minimum Gasteiger partial charge on any atom is -0.493 e. The number of amides is 2. The summed E-state index contributed by atoms with van der Waals surface area (Å²) in [5.41, 5.74) is 5.23. The molecule has 2 amide bonds. The van der Waals surface area contributed by atoms with Crippen LogP contribution in [0.1, 0.15) is 34.1 Å². The van der Waals surface area contributed by atoms with Gasteiger partial charge in [0, 0.05) is 10.0 Å². The highest BCUT2D eigenvalue weighted by atomic mass is 79.9. The molecule has 0 heterocycles. The number of rotatable bonds is 6. The first-order chi connectivity index (χ1) is 12.5. The molecule has 26 heavy (non-hydrogen) atoms. The van der Waals surface area contributed by atoms with Crippen molar-refractivity contribution in [1.29, 1.82) is 0 Å². The third-order valence-electron chi connectivity index (χ3n) is 3.35. The molecule has 0 radical (unpaired) electrons. The third-order valence-corrected chi connectivity index (χ3v) is 4.17. The lowest BCUT2D eigenvalue weighted by Crippen LogP contribution is -2.41. The van der Waals surface area contributed by atoms with Crippen molar-refractivity contribution < 1.29 is 19.1 Å². The van der Waals surface area contributed by atoms with Crippen LogP contribution >= 0.6 is 27.5 Å². The Balaban J connectivity index is 2.05. The first-order valence-corrected chi connectivity index (χ1v) is 9.00.